The van der Waals surface area contributed by atoms with Crippen LogP contribution in [0.3, 0.4) is 0 Å². The van der Waals surface area contributed by atoms with E-state index in [1.165, 1.54) is 18.2 Å². The molecule has 1 heterocycles. The molecule has 0 saturated carbocycles. The molecule has 1 amide bonds. The number of nitrogens with zero attached hydrogens (tertiary/aromatic N) is 1. The number of nitrogens with one attached hydrogen (secondary N) is 1. The first kappa shape index (κ1) is 12.8. The molecule has 5 nitrogen and oxygen atoms in total. The van der Waals surface area contributed by atoms with E-state index < -0.39 is 5.82 Å². The zero-order valence-electron chi connectivity index (χ0n) is 9.99. The SMILES string of the molecule is Nc1cc(NC(=O)CN2CCCCO2)ccc1F. The highest BCUT2D eigenvalue weighted by Crippen LogP contribution is 2.16. The molecule has 6 heteroatoms. The van der Waals surface area contributed by atoms with E-state index in [-0.39, 0.29) is 18.1 Å². The fourth-order valence-electron chi connectivity index (χ4n) is 1.76. The third kappa shape index (κ3) is 3.41. The van der Waals surface area contributed by atoms with Crippen molar-refractivity contribution in [3.05, 3.63) is 24.0 Å². The van der Waals surface area contributed by atoms with Crippen molar-refractivity contribution in [1.82, 2.24) is 5.06 Å². The number of nitrogen functional groups attached to an aromatic ring is 1. The fourth-order valence-corrected chi connectivity index (χ4v) is 1.76. The molecule has 0 bridgehead atoms. The van der Waals surface area contributed by atoms with Crippen LogP contribution < -0.4 is 11.1 Å². The van der Waals surface area contributed by atoms with Gasteiger partial charge in [0.1, 0.15) is 12.4 Å². The van der Waals surface area contributed by atoms with Crippen LogP contribution >= 0.6 is 0 Å². The van der Waals surface area contributed by atoms with Crippen LogP contribution in [0.5, 0.6) is 0 Å². The van der Waals surface area contributed by atoms with Gasteiger partial charge in [-0.15, -0.1) is 0 Å². The fraction of sp³-hybridized carbons (Fsp3) is 0.417. The summed E-state index contributed by atoms with van der Waals surface area (Å²) in [6.45, 7) is 1.56. The van der Waals surface area contributed by atoms with Gasteiger partial charge >= 0.3 is 0 Å². The van der Waals surface area contributed by atoms with Crippen LogP contribution in [0.25, 0.3) is 0 Å². The Balaban J connectivity index is 1.88. The second-order valence-corrected chi connectivity index (χ2v) is 4.19. The van der Waals surface area contributed by atoms with Crippen molar-refractivity contribution < 1.29 is 14.0 Å². The molecule has 0 spiro atoms. The highest BCUT2D eigenvalue weighted by molar-refractivity contribution is 5.92. The predicted octanol–water partition coefficient (Wildman–Crippen LogP) is 1.37. The normalized spacial score (nSPS) is 16.5. The molecular weight excluding hydrogens is 237 g/mol. The molecule has 1 saturated heterocycles. The number of carbonyl (C=O) groups excluding carboxylic acids is 1. The highest BCUT2D eigenvalue weighted by Gasteiger charge is 2.15. The lowest BCUT2D eigenvalue weighted by Crippen LogP contribution is -2.36. The number of nitrogens with two attached hydrogens (primary N) is 1. The minimum Gasteiger partial charge on any atom is -0.396 e. The Morgan fingerprint density at radius 1 is 1.50 bits per heavy atom. The minimum absolute atomic E-state index is 0.0158. The summed E-state index contributed by atoms with van der Waals surface area (Å²) >= 11 is 0. The Morgan fingerprint density at radius 3 is 3.00 bits per heavy atom. The molecule has 1 aromatic carbocycles. The van der Waals surface area contributed by atoms with Crippen LogP contribution in [0, 0.1) is 5.82 Å². The van der Waals surface area contributed by atoms with E-state index in [4.69, 9.17) is 10.6 Å². The molecule has 98 valence electrons. The second-order valence-electron chi connectivity index (χ2n) is 4.19. The zero-order valence-corrected chi connectivity index (χ0v) is 9.99. The third-order valence-corrected chi connectivity index (χ3v) is 2.68. The van der Waals surface area contributed by atoms with E-state index in [1.807, 2.05) is 0 Å². The summed E-state index contributed by atoms with van der Waals surface area (Å²) in [5.41, 5.74) is 5.92. The number of hydrogen-bond acceptors (Lipinski definition) is 4. The van der Waals surface area contributed by atoms with E-state index in [9.17, 15) is 9.18 Å². The van der Waals surface area contributed by atoms with Gasteiger partial charge in [0.15, 0.2) is 0 Å². The number of carbonyl (C=O) groups is 1. The van der Waals surface area contributed by atoms with Gasteiger partial charge in [0, 0.05) is 12.2 Å². The van der Waals surface area contributed by atoms with Crippen LogP contribution in [0.1, 0.15) is 12.8 Å². The molecule has 1 aromatic rings. The average Bonchev–Trinajstić information content (AvgIpc) is 2.35. The van der Waals surface area contributed by atoms with Gasteiger partial charge in [-0.05, 0) is 31.0 Å². The number of halogens is 1. The monoisotopic (exact) mass is 253 g/mol. The molecule has 2 rings (SSSR count). The molecule has 0 atom stereocenters. The molecular formula is C12H16FN3O2. The van der Waals surface area contributed by atoms with Gasteiger partial charge < -0.3 is 11.1 Å². The topological polar surface area (TPSA) is 67.6 Å². The van der Waals surface area contributed by atoms with Crippen LogP contribution in [0.2, 0.25) is 0 Å². The van der Waals surface area contributed by atoms with Gasteiger partial charge in [-0.25, -0.2) is 4.39 Å². The van der Waals surface area contributed by atoms with Gasteiger partial charge in [-0.1, -0.05) is 0 Å². The molecule has 0 aromatic heterocycles. The van der Waals surface area contributed by atoms with Crippen molar-refractivity contribution in [3.8, 4) is 0 Å². The van der Waals surface area contributed by atoms with E-state index >= 15 is 0 Å². The highest BCUT2D eigenvalue weighted by atomic mass is 19.1. The lowest BCUT2D eigenvalue weighted by molar-refractivity contribution is -0.182. The van der Waals surface area contributed by atoms with E-state index in [2.05, 4.69) is 5.32 Å². The summed E-state index contributed by atoms with van der Waals surface area (Å²) in [6.07, 6.45) is 2.05. The predicted molar refractivity (Wildman–Crippen MR) is 66.2 cm³/mol. The Bertz CT molecular complexity index is 433. The first-order chi connectivity index (χ1) is 8.65. The van der Waals surface area contributed by atoms with Gasteiger partial charge in [0.2, 0.25) is 5.91 Å². The number of benzene rings is 1. The molecule has 1 aliphatic rings. The molecule has 18 heavy (non-hydrogen) atoms. The number of hydroxylamine groups is 2. The molecule has 1 fully saturated rings. The van der Waals surface area contributed by atoms with Gasteiger partial charge in [0.05, 0.1) is 12.3 Å². The zero-order chi connectivity index (χ0) is 13.0. The van der Waals surface area contributed by atoms with Gasteiger partial charge in [-0.3, -0.25) is 9.63 Å². The summed E-state index contributed by atoms with van der Waals surface area (Å²) < 4.78 is 12.9. The number of amides is 1. The molecule has 3 N–H and O–H groups in total. The number of hydrogen-bond donors (Lipinski definition) is 2. The van der Waals surface area contributed by atoms with Gasteiger partial charge in [-0.2, -0.15) is 5.06 Å². The molecule has 0 aliphatic carbocycles. The Morgan fingerprint density at radius 2 is 2.33 bits per heavy atom. The first-order valence-corrected chi connectivity index (χ1v) is 5.88. The van der Waals surface area contributed by atoms with Crippen LogP contribution in [-0.2, 0) is 9.63 Å². The third-order valence-electron chi connectivity index (χ3n) is 2.68. The Hall–Kier alpha value is -1.66. The maximum atomic E-state index is 12.9. The first-order valence-electron chi connectivity index (χ1n) is 5.88. The second kappa shape index (κ2) is 5.79. The van der Waals surface area contributed by atoms with Crippen molar-refractivity contribution in [2.24, 2.45) is 0 Å². The van der Waals surface area contributed by atoms with Crippen molar-refractivity contribution in [3.63, 3.8) is 0 Å². The van der Waals surface area contributed by atoms with Gasteiger partial charge in [0.25, 0.3) is 0 Å². The standard InChI is InChI=1S/C12H16FN3O2/c13-10-4-3-9(7-11(10)14)15-12(17)8-16-5-1-2-6-18-16/h3-4,7H,1-2,5-6,8,14H2,(H,15,17). The van der Waals surface area contributed by atoms with Crippen LogP contribution in [0.15, 0.2) is 18.2 Å². The van der Waals surface area contributed by atoms with Crippen molar-refractivity contribution >= 4 is 17.3 Å². The smallest absolute Gasteiger partial charge is 0.240 e. The van der Waals surface area contributed by atoms with Crippen LogP contribution in [-0.4, -0.2) is 30.7 Å². The van der Waals surface area contributed by atoms with Crippen LogP contribution in [0.4, 0.5) is 15.8 Å². The minimum atomic E-state index is -0.493. The van der Waals surface area contributed by atoms with E-state index in [0.717, 1.165) is 19.4 Å². The summed E-state index contributed by atoms with van der Waals surface area (Å²) in [4.78, 5) is 17.0. The Labute approximate surface area is 105 Å². The van der Waals surface area contributed by atoms with E-state index in [1.54, 1.807) is 5.06 Å². The molecule has 0 unspecified atom stereocenters. The number of anilines is 2. The Kier molecular flexibility index (Phi) is 4.11. The summed E-state index contributed by atoms with van der Waals surface area (Å²) in [6, 6.07) is 4.09. The average molecular weight is 253 g/mol. The number of rotatable bonds is 3. The molecule has 1 aliphatic heterocycles. The largest absolute Gasteiger partial charge is 0.396 e. The summed E-state index contributed by atoms with van der Waals surface area (Å²) in [7, 11) is 0. The summed E-state index contributed by atoms with van der Waals surface area (Å²) in [5, 5.41) is 4.28. The lowest BCUT2D eigenvalue weighted by atomic mass is 10.2. The quantitative estimate of drug-likeness (QED) is 0.798. The van der Waals surface area contributed by atoms with Crippen molar-refractivity contribution in [2.45, 2.75) is 12.8 Å². The molecule has 0 radical (unpaired) electrons. The van der Waals surface area contributed by atoms with E-state index in [0.29, 0.717) is 12.3 Å². The summed E-state index contributed by atoms with van der Waals surface area (Å²) in [5.74, 6) is -0.699. The maximum Gasteiger partial charge on any atom is 0.240 e. The van der Waals surface area contributed by atoms with Crippen molar-refractivity contribution in [1.29, 1.82) is 0 Å². The lowest BCUT2D eigenvalue weighted by Gasteiger charge is -2.25. The maximum absolute atomic E-state index is 12.9. The van der Waals surface area contributed by atoms with Crippen molar-refractivity contribution in [2.75, 3.05) is 30.7 Å².